The van der Waals surface area contributed by atoms with Crippen molar-refractivity contribution in [2.24, 2.45) is 0 Å². The molecule has 1 aromatic carbocycles. The molecule has 0 aliphatic rings. The smallest absolute Gasteiger partial charge is 0.256 e. The average molecular weight is 213 g/mol. The summed E-state index contributed by atoms with van der Waals surface area (Å²) in [6.07, 6.45) is 0. The van der Waals surface area contributed by atoms with Crippen LogP contribution in [0.4, 0.5) is 11.6 Å². The lowest BCUT2D eigenvalue weighted by Crippen LogP contribution is -2.13. The molecule has 0 radical (unpaired) electrons. The molecular weight excluding hydrogens is 202 g/mol. The van der Waals surface area contributed by atoms with Crippen LogP contribution >= 0.6 is 0 Å². The van der Waals surface area contributed by atoms with Crippen LogP contribution in [-0.2, 0) is 0 Å². The molecule has 0 saturated heterocycles. The molecule has 4 heteroatoms. The molecule has 0 fully saturated rings. The lowest BCUT2D eigenvalue weighted by atomic mass is 10.2. The minimum atomic E-state index is -0.196. The first-order chi connectivity index (χ1) is 7.75. The fraction of sp³-hybridized carbons (Fsp3) is 0. The van der Waals surface area contributed by atoms with Gasteiger partial charge in [-0.3, -0.25) is 4.79 Å². The predicted octanol–water partition coefficient (Wildman–Crippen LogP) is 1.92. The lowest BCUT2D eigenvalue weighted by Gasteiger charge is -2.04. The van der Waals surface area contributed by atoms with Crippen LogP contribution in [0.3, 0.4) is 0 Å². The van der Waals surface area contributed by atoms with Gasteiger partial charge in [-0.2, -0.15) is 0 Å². The number of nitrogen functional groups attached to an aromatic ring is 1. The third-order valence-corrected chi connectivity index (χ3v) is 2.05. The minimum absolute atomic E-state index is 0.196. The number of benzene rings is 1. The van der Waals surface area contributed by atoms with Crippen LogP contribution in [0.1, 0.15) is 10.4 Å². The van der Waals surface area contributed by atoms with Gasteiger partial charge in [0.15, 0.2) is 0 Å². The van der Waals surface area contributed by atoms with Crippen LogP contribution in [0.15, 0.2) is 48.5 Å². The summed E-state index contributed by atoms with van der Waals surface area (Å²) in [5.74, 6) is 0.637. The zero-order valence-corrected chi connectivity index (χ0v) is 8.55. The first-order valence-corrected chi connectivity index (χ1v) is 4.84. The summed E-state index contributed by atoms with van der Waals surface area (Å²) in [7, 11) is 0. The van der Waals surface area contributed by atoms with Gasteiger partial charge in [-0.05, 0) is 24.3 Å². The molecule has 1 aromatic heterocycles. The molecule has 2 aromatic rings. The van der Waals surface area contributed by atoms with Crippen LogP contribution in [0, 0.1) is 0 Å². The molecule has 0 bridgehead atoms. The number of amides is 1. The van der Waals surface area contributed by atoms with Gasteiger partial charge in [-0.1, -0.05) is 24.3 Å². The maximum absolute atomic E-state index is 11.7. The van der Waals surface area contributed by atoms with E-state index in [0.29, 0.717) is 17.2 Å². The standard InChI is InChI=1S/C12H11N3O/c13-10-7-4-8-11(14-10)15-12(16)9-5-2-1-3-6-9/h1-8H,(H3,13,14,15,16). The van der Waals surface area contributed by atoms with E-state index in [1.54, 1.807) is 30.3 Å². The Labute approximate surface area is 93.1 Å². The van der Waals surface area contributed by atoms with Crippen molar-refractivity contribution in [1.82, 2.24) is 4.98 Å². The van der Waals surface area contributed by atoms with Crippen molar-refractivity contribution in [3.05, 3.63) is 54.1 Å². The number of anilines is 2. The maximum Gasteiger partial charge on any atom is 0.256 e. The summed E-state index contributed by atoms with van der Waals surface area (Å²) >= 11 is 0. The number of hydrogen-bond acceptors (Lipinski definition) is 3. The van der Waals surface area contributed by atoms with E-state index in [2.05, 4.69) is 10.3 Å². The molecule has 0 aliphatic heterocycles. The van der Waals surface area contributed by atoms with Crippen molar-refractivity contribution in [2.75, 3.05) is 11.1 Å². The van der Waals surface area contributed by atoms with E-state index in [0.717, 1.165) is 0 Å². The Balaban J connectivity index is 2.14. The van der Waals surface area contributed by atoms with Crippen LogP contribution < -0.4 is 11.1 Å². The summed E-state index contributed by atoms with van der Waals surface area (Å²) in [4.78, 5) is 15.7. The number of rotatable bonds is 2. The molecular formula is C12H11N3O. The summed E-state index contributed by atoms with van der Waals surface area (Å²) in [6, 6.07) is 14.0. The van der Waals surface area contributed by atoms with Crippen molar-refractivity contribution in [3.8, 4) is 0 Å². The van der Waals surface area contributed by atoms with E-state index in [-0.39, 0.29) is 5.91 Å². The fourth-order valence-electron chi connectivity index (χ4n) is 1.30. The molecule has 0 atom stereocenters. The summed E-state index contributed by atoms with van der Waals surface area (Å²) < 4.78 is 0. The van der Waals surface area contributed by atoms with E-state index < -0.39 is 0 Å². The Bertz CT molecular complexity index is 497. The zero-order valence-electron chi connectivity index (χ0n) is 8.55. The van der Waals surface area contributed by atoms with Crippen LogP contribution in [0.25, 0.3) is 0 Å². The molecule has 1 amide bonds. The van der Waals surface area contributed by atoms with Gasteiger partial charge in [-0.25, -0.2) is 4.98 Å². The molecule has 1 heterocycles. The van der Waals surface area contributed by atoms with Crippen molar-refractivity contribution in [1.29, 1.82) is 0 Å². The van der Waals surface area contributed by atoms with Gasteiger partial charge in [0, 0.05) is 5.56 Å². The normalized spacial score (nSPS) is 9.75. The summed E-state index contributed by atoms with van der Waals surface area (Å²) in [6.45, 7) is 0. The van der Waals surface area contributed by atoms with Crippen molar-refractivity contribution in [3.63, 3.8) is 0 Å². The fourth-order valence-corrected chi connectivity index (χ4v) is 1.30. The maximum atomic E-state index is 11.7. The topological polar surface area (TPSA) is 68.0 Å². The second-order valence-corrected chi connectivity index (χ2v) is 3.27. The van der Waals surface area contributed by atoms with E-state index in [1.807, 2.05) is 18.2 Å². The third kappa shape index (κ3) is 2.36. The van der Waals surface area contributed by atoms with Gasteiger partial charge in [0.2, 0.25) is 0 Å². The minimum Gasteiger partial charge on any atom is -0.384 e. The van der Waals surface area contributed by atoms with Crippen LogP contribution in [0.2, 0.25) is 0 Å². The highest BCUT2D eigenvalue weighted by Gasteiger charge is 2.05. The Morgan fingerprint density at radius 1 is 1.06 bits per heavy atom. The largest absolute Gasteiger partial charge is 0.384 e. The molecule has 0 spiro atoms. The highest BCUT2D eigenvalue weighted by molar-refractivity contribution is 6.03. The Morgan fingerprint density at radius 3 is 2.50 bits per heavy atom. The second-order valence-electron chi connectivity index (χ2n) is 3.27. The van der Waals surface area contributed by atoms with Crippen molar-refractivity contribution in [2.45, 2.75) is 0 Å². The molecule has 0 aliphatic carbocycles. The highest BCUT2D eigenvalue weighted by atomic mass is 16.1. The summed E-state index contributed by atoms with van der Waals surface area (Å²) in [5.41, 5.74) is 6.10. The van der Waals surface area contributed by atoms with Gasteiger partial charge in [0.1, 0.15) is 11.6 Å². The zero-order chi connectivity index (χ0) is 11.4. The number of carbonyl (C=O) groups excluding carboxylic acids is 1. The molecule has 16 heavy (non-hydrogen) atoms. The van der Waals surface area contributed by atoms with E-state index in [9.17, 15) is 4.79 Å². The van der Waals surface area contributed by atoms with Gasteiger partial charge >= 0.3 is 0 Å². The number of aromatic nitrogens is 1. The monoisotopic (exact) mass is 213 g/mol. The molecule has 0 unspecified atom stereocenters. The SMILES string of the molecule is Nc1cccc(NC(=O)c2ccccc2)n1. The number of hydrogen-bond donors (Lipinski definition) is 2. The van der Waals surface area contributed by atoms with E-state index >= 15 is 0 Å². The van der Waals surface area contributed by atoms with Crippen LogP contribution in [-0.4, -0.2) is 10.9 Å². The molecule has 0 saturated carbocycles. The number of nitrogens with zero attached hydrogens (tertiary/aromatic N) is 1. The Morgan fingerprint density at radius 2 is 1.81 bits per heavy atom. The quantitative estimate of drug-likeness (QED) is 0.800. The summed E-state index contributed by atoms with van der Waals surface area (Å²) in [5, 5.41) is 2.67. The molecule has 80 valence electrons. The number of nitrogens with one attached hydrogen (secondary N) is 1. The third-order valence-electron chi connectivity index (χ3n) is 2.05. The predicted molar refractivity (Wildman–Crippen MR) is 63.0 cm³/mol. The highest BCUT2D eigenvalue weighted by Crippen LogP contribution is 2.08. The van der Waals surface area contributed by atoms with Gasteiger partial charge in [0.25, 0.3) is 5.91 Å². The number of nitrogens with two attached hydrogens (primary N) is 1. The first-order valence-electron chi connectivity index (χ1n) is 4.84. The van der Waals surface area contributed by atoms with Crippen molar-refractivity contribution >= 4 is 17.5 Å². The van der Waals surface area contributed by atoms with Gasteiger partial charge in [0.05, 0.1) is 0 Å². The average Bonchev–Trinajstić information content (AvgIpc) is 2.30. The van der Waals surface area contributed by atoms with E-state index in [1.165, 1.54) is 0 Å². The van der Waals surface area contributed by atoms with Gasteiger partial charge < -0.3 is 11.1 Å². The number of carbonyl (C=O) groups is 1. The molecule has 3 N–H and O–H groups in total. The van der Waals surface area contributed by atoms with Crippen molar-refractivity contribution < 1.29 is 4.79 Å². The Hall–Kier alpha value is -2.36. The molecule has 4 nitrogen and oxygen atoms in total. The number of pyridine rings is 1. The van der Waals surface area contributed by atoms with E-state index in [4.69, 9.17) is 5.73 Å². The second kappa shape index (κ2) is 4.44. The van der Waals surface area contributed by atoms with Crippen LogP contribution in [0.5, 0.6) is 0 Å². The van der Waals surface area contributed by atoms with Gasteiger partial charge in [-0.15, -0.1) is 0 Å². The lowest BCUT2D eigenvalue weighted by molar-refractivity contribution is 0.102. The first kappa shape index (κ1) is 10.2. The molecule has 2 rings (SSSR count). The Kier molecular flexibility index (Phi) is 2.82.